The molecule has 3 aromatic rings. The summed E-state index contributed by atoms with van der Waals surface area (Å²) in [6, 6.07) is 13.9. The molecule has 1 fully saturated rings. The third-order valence-electron chi connectivity index (χ3n) is 7.19. The first-order valence-corrected chi connectivity index (χ1v) is 13.4. The Balaban J connectivity index is 1.22. The van der Waals surface area contributed by atoms with Crippen molar-refractivity contribution in [2.24, 2.45) is 0 Å². The Hall–Kier alpha value is -2.39. The number of rotatable bonds is 7. The molecule has 8 heteroatoms. The minimum atomic E-state index is -1.85. The van der Waals surface area contributed by atoms with Gasteiger partial charge >= 0.3 is 0 Å². The molecule has 1 saturated heterocycles. The van der Waals surface area contributed by atoms with Crippen molar-refractivity contribution in [3.8, 4) is 11.5 Å². The molecule has 0 aliphatic carbocycles. The molecule has 2 aliphatic rings. The van der Waals surface area contributed by atoms with Gasteiger partial charge in [-0.25, -0.2) is 0 Å². The van der Waals surface area contributed by atoms with Crippen LogP contribution in [-0.4, -0.2) is 61.9 Å². The minimum Gasteiger partial charge on any atom is -0.834 e. The Morgan fingerprint density at radius 1 is 1.06 bits per heavy atom. The van der Waals surface area contributed by atoms with E-state index in [1.807, 2.05) is 29.0 Å². The number of hydrogen-bond donors (Lipinski definition) is 0. The maximum absolute atomic E-state index is 14.1. The molecule has 5 rings (SSSR count). The first-order chi connectivity index (χ1) is 16.4. The van der Waals surface area contributed by atoms with Gasteiger partial charge in [-0.05, 0) is 40.6 Å². The summed E-state index contributed by atoms with van der Waals surface area (Å²) in [6.07, 6.45) is 2.74. The van der Waals surface area contributed by atoms with E-state index in [0.29, 0.717) is 35.7 Å². The zero-order valence-electron chi connectivity index (χ0n) is 19.6. The topological polar surface area (TPSA) is 61.8 Å². The van der Waals surface area contributed by atoms with E-state index in [1.54, 1.807) is 17.0 Å². The number of carbonyl (C=O) groups is 1. The molecule has 0 saturated carbocycles. The zero-order valence-corrected chi connectivity index (χ0v) is 21.2. The van der Waals surface area contributed by atoms with Crippen LogP contribution < -0.4 is 14.6 Å². The van der Waals surface area contributed by atoms with Gasteiger partial charge in [-0.3, -0.25) is 4.79 Å². The quantitative estimate of drug-likeness (QED) is 0.468. The van der Waals surface area contributed by atoms with Gasteiger partial charge in [-0.1, -0.05) is 18.2 Å². The van der Waals surface area contributed by atoms with Crippen LogP contribution in [0, 0.1) is 0 Å². The molecule has 180 valence electrons. The summed E-state index contributed by atoms with van der Waals surface area (Å²) < 4.78 is 11.8. The van der Waals surface area contributed by atoms with Crippen LogP contribution in [0.15, 0.2) is 53.2 Å². The van der Waals surface area contributed by atoms with Crippen molar-refractivity contribution in [2.45, 2.75) is 30.9 Å². The molecule has 2 aliphatic heterocycles. The van der Waals surface area contributed by atoms with Crippen molar-refractivity contribution in [3.05, 3.63) is 68.5 Å². The van der Waals surface area contributed by atoms with E-state index >= 15 is 0 Å². The number of hydrogen-bond acceptors (Lipinski definition) is 6. The summed E-state index contributed by atoms with van der Waals surface area (Å²) in [4.78, 5) is 16.5. The van der Waals surface area contributed by atoms with Gasteiger partial charge in [-0.2, -0.15) is 0 Å². The van der Waals surface area contributed by atoms with E-state index in [4.69, 9.17) is 9.47 Å². The van der Waals surface area contributed by atoms with Crippen LogP contribution in [0.3, 0.4) is 0 Å². The van der Waals surface area contributed by atoms with Crippen LogP contribution >= 0.6 is 22.7 Å². The molecule has 0 spiro atoms. The highest BCUT2D eigenvalue weighted by atomic mass is 32.1. The van der Waals surface area contributed by atoms with Gasteiger partial charge in [0.1, 0.15) is 0 Å². The predicted molar refractivity (Wildman–Crippen MR) is 132 cm³/mol. The van der Waals surface area contributed by atoms with E-state index in [-0.39, 0.29) is 5.91 Å². The molecule has 1 aromatic carbocycles. The highest BCUT2D eigenvalue weighted by molar-refractivity contribution is 7.12. The Labute approximate surface area is 208 Å². The van der Waals surface area contributed by atoms with Crippen LogP contribution in [0.1, 0.15) is 28.2 Å². The number of amides is 1. The van der Waals surface area contributed by atoms with E-state index in [2.05, 4.69) is 26.2 Å². The Bertz CT molecular complexity index is 1090. The van der Waals surface area contributed by atoms with Crippen molar-refractivity contribution in [3.63, 3.8) is 0 Å². The fourth-order valence-electron chi connectivity index (χ4n) is 4.98. The molecule has 6 nitrogen and oxygen atoms in total. The maximum atomic E-state index is 14.1. The number of carbonyl (C=O) groups excluding carboxylic acids is 1. The van der Waals surface area contributed by atoms with E-state index < -0.39 is 5.60 Å². The zero-order chi connectivity index (χ0) is 23.8. The van der Waals surface area contributed by atoms with Crippen molar-refractivity contribution in [2.75, 3.05) is 40.5 Å². The van der Waals surface area contributed by atoms with E-state index in [9.17, 15) is 9.90 Å². The van der Waals surface area contributed by atoms with Crippen LogP contribution in [0.2, 0.25) is 0 Å². The number of likely N-dealkylation sites (N-methyl/N-ethyl adjacent to an activating group) is 1. The lowest BCUT2D eigenvalue weighted by molar-refractivity contribution is -0.916. The normalized spacial score (nSPS) is 16.7. The van der Waals surface area contributed by atoms with E-state index in [0.717, 1.165) is 41.8 Å². The van der Waals surface area contributed by atoms with Gasteiger partial charge in [0.25, 0.3) is 0 Å². The molecule has 34 heavy (non-hydrogen) atoms. The molecular weight excluding hydrogens is 468 g/mol. The number of fused-ring (bicyclic) bond motifs is 1. The number of ether oxygens (including phenoxy) is 2. The molecule has 2 aromatic heterocycles. The highest BCUT2D eigenvalue weighted by Crippen LogP contribution is 2.36. The van der Waals surface area contributed by atoms with Crippen molar-refractivity contribution < 1.29 is 23.9 Å². The summed E-state index contributed by atoms with van der Waals surface area (Å²) in [5.74, 6) is 1.32. The number of benzene rings is 1. The average Bonchev–Trinajstić information content (AvgIpc) is 3.64. The Kier molecular flexibility index (Phi) is 6.41. The average molecular weight is 499 g/mol. The highest BCUT2D eigenvalue weighted by Gasteiger charge is 2.39. The van der Waals surface area contributed by atoms with Gasteiger partial charge in [-0.15, -0.1) is 22.7 Å². The molecule has 0 radical (unpaired) electrons. The van der Waals surface area contributed by atoms with Crippen LogP contribution in [0.5, 0.6) is 11.5 Å². The van der Waals surface area contributed by atoms with Crippen molar-refractivity contribution in [1.29, 1.82) is 0 Å². The molecular formula is C26H30N2O4S2. The number of quaternary nitrogens is 1. The number of thiophene rings is 2. The maximum Gasteiger partial charge on any atom is 0.231 e. The minimum absolute atomic E-state index is 0.293. The largest absolute Gasteiger partial charge is 0.834 e. The van der Waals surface area contributed by atoms with Gasteiger partial charge in [0.2, 0.25) is 12.7 Å². The molecule has 0 N–H and O–H groups in total. The summed E-state index contributed by atoms with van der Waals surface area (Å²) >= 11 is 2.73. The lowest BCUT2D eigenvalue weighted by atomic mass is 9.94. The number of nitrogens with zero attached hydrogens (tertiary/aromatic N) is 2. The van der Waals surface area contributed by atoms with E-state index in [1.165, 1.54) is 28.2 Å². The summed E-state index contributed by atoms with van der Waals surface area (Å²) in [5.41, 5.74) is -0.607. The summed E-state index contributed by atoms with van der Waals surface area (Å²) in [6.45, 7) is 2.53. The second-order valence-corrected chi connectivity index (χ2v) is 11.5. The third kappa shape index (κ3) is 4.35. The van der Waals surface area contributed by atoms with Gasteiger partial charge in [0.15, 0.2) is 11.5 Å². The van der Waals surface area contributed by atoms with Crippen molar-refractivity contribution >= 4 is 28.6 Å². The SMILES string of the molecule is C[N+](C)(CCc1ccc2c(c1)OCO2)C1CCN(C(=O)C([O-])(c2cccs2)c2cccs2)CC1. The molecule has 0 unspecified atom stereocenters. The standard InChI is InChI=1S/C26H30N2O4S2/c1-28(2,14-11-19-7-8-21-22(17-19)32-18-31-21)20-9-12-27(13-10-20)25(29)26(30,23-5-3-15-33-23)24-6-4-16-34-24/h3-8,15-17,20H,9-14,18H2,1-2H3. The second kappa shape index (κ2) is 9.34. The lowest BCUT2D eigenvalue weighted by Gasteiger charge is -2.46. The fourth-order valence-corrected chi connectivity index (χ4v) is 6.69. The van der Waals surface area contributed by atoms with Gasteiger partial charge in [0, 0.05) is 47.7 Å². The first kappa shape index (κ1) is 23.4. The smallest absolute Gasteiger partial charge is 0.231 e. The lowest BCUT2D eigenvalue weighted by Crippen LogP contribution is -2.60. The van der Waals surface area contributed by atoms with Crippen LogP contribution in [0.25, 0.3) is 0 Å². The third-order valence-corrected chi connectivity index (χ3v) is 9.13. The number of likely N-dealkylation sites (tertiary alicyclic amines) is 1. The van der Waals surface area contributed by atoms with Crippen LogP contribution in [0.4, 0.5) is 0 Å². The van der Waals surface area contributed by atoms with Gasteiger partial charge in [0.05, 0.1) is 26.7 Å². The summed E-state index contributed by atoms with van der Waals surface area (Å²) in [7, 11) is 4.54. The fraction of sp³-hybridized carbons (Fsp3) is 0.423. The van der Waals surface area contributed by atoms with Gasteiger partial charge < -0.3 is 24.0 Å². The summed E-state index contributed by atoms with van der Waals surface area (Å²) in [5, 5.41) is 17.8. The molecule has 4 heterocycles. The molecule has 0 bridgehead atoms. The Morgan fingerprint density at radius 2 is 1.71 bits per heavy atom. The predicted octanol–water partition coefficient (Wildman–Crippen LogP) is 3.45. The number of piperidine rings is 1. The first-order valence-electron chi connectivity index (χ1n) is 11.7. The van der Waals surface area contributed by atoms with Crippen molar-refractivity contribution in [1.82, 2.24) is 4.90 Å². The Morgan fingerprint density at radius 3 is 2.32 bits per heavy atom. The molecule has 0 atom stereocenters. The molecule has 1 amide bonds. The van der Waals surface area contributed by atoms with Crippen LogP contribution in [-0.2, 0) is 16.8 Å². The second-order valence-electron chi connectivity index (χ2n) is 9.60. The monoisotopic (exact) mass is 498 g/mol.